The Morgan fingerprint density at radius 1 is 1.53 bits per heavy atom. The van der Waals surface area contributed by atoms with Gasteiger partial charge in [-0.25, -0.2) is 0 Å². The number of carbonyl (C=O) groups is 1. The summed E-state index contributed by atoms with van der Waals surface area (Å²) in [6.07, 6.45) is 1.04. The first-order chi connectivity index (χ1) is 9.04. The summed E-state index contributed by atoms with van der Waals surface area (Å²) < 4.78 is 0.943. The second kappa shape index (κ2) is 5.80. The predicted octanol–water partition coefficient (Wildman–Crippen LogP) is 3.91. The number of nitrogen functional groups attached to an aromatic ring is 1. The van der Waals surface area contributed by atoms with E-state index in [0.29, 0.717) is 28.0 Å². The van der Waals surface area contributed by atoms with Crippen molar-refractivity contribution in [2.24, 2.45) is 5.92 Å². The Morgan fingerprint density at radius 3 is 2.89 bits per heavy atom. The van der Waals surface area contributed by atoms with Crippen molar-refractivity contribution in [3.8, 4) is 0 Å². The molecule has 0 aliphatic heterocycles. The molecule has 3 N–H and O–H groups in total. The van der Waals surface area contributed by atoms with Gasteiger partial charge in [0, 0.05) is 16.6 Å². The van der Waals surface area contributed by atoms with Crippen LogP contribution in [0.5, 0.6) is 0 Å². The summed E-state index contributed by atoms with van der Waals surface area (Å²) in [5.74, 6) is 0.346. The minimum atomic E-state index is -0.116. The molecule has 0 saturated heterocycles. The van der Waals surface area contributed by atoms with Gasteiger partial charge in [0.05, 0.1) is 10.7 Å². The average molecular weight is 297 g/mol. The van der Waals surface area contributed by atoms with Gasteiger partial charge >= 0.3 is 0 Å². The fourth-order valence-electron chi connectivity index (χ4n) is 1.79. The highest BCUT2D eigenvalue weighted by atomic mass is 35.5. The number of amides is 1. The Labute approximate surface area is 121 Å². The molecule has 0 bridgehead atoms. The van der Waals surface area contributed by atoms with E-state index in [1.165, 1.54) is 11.3 Å². The minimum absolute atomic E-state index is 0.116. The Kier molecular flexibility index (Phi) is 4.32. The maximum atomic E-state index is 12.1. The lowest BCUT2D eigenvalue weighted by molar-refractivity contribution is 0.0953. The molecule has 1 atom stereocenters. The van der Waals surface area contributed by atoms with Crippen molar-refractivity contribution >= 4 is 44.6 Å². The molecule has 1 aromatic carbocycles. The fourth-order valence-corrected chi connectivity index (χ4v) is 3.19. The van der Waals surface area contributed by atoms with Crippen molar-refractivity contribution in [2.75, 3.05) is 12.3 Å². The van der Waals surface area contributed by atoms with Crippen molar-refractivity contribution in [3.05, 3.63) is 28.1 Å². The number of nitrogens with two attached hydrogens (primary N) is 1. The zero-order chi connectivity index (χ0) is 14.0. The van der Waals surface area contributed by atoms with Crippen LogP contribution in [0.1, 0.15) is 29.9 Å². The van der Waals surface area contributed by atoms with Gasteiger partial charge in [0.15, 0.2) is 0 Å². The molecule has 2 rings (SSSR count). The van der Waals surface area contributed by atoms with Gasteiger partial charge in [-0.3, -0.25) is 4.79 Å². The molecule has 1 amide bonds. The van der Waals surface area contributed by atoms with E-state index in [1.54, 1.807) is 6.07 Å². The number of fused-ring (bicyclic) bond motifs is 1. The van der Waals surface area contributed by atoms with E-state index in [0.717, 1.165) is 16.5 Å². The summed E-state index contributed by atoms with van der Waals surface area (Å²) in [5, 5.41) is 4.29. The van der Waals surface area contributed by atoms with Gasteiger partial charge in [0.25, 0.3) is 5.91 Å². The molecule has 2 aromatic rings. The molecule has 0 saturated carbocycles. The van der Waals surface area contributed by atoms with Crippen LogP contribution < -0.4 is 11.1 Å². The number of rotatable bonds is 4. The monoisotopic (exact) mass is 296 g/mol. The van der Waals surface area contributed by atoms with Crippen molar-refractivity contribution in [2.45, 2.75) is 20.3 Å². The molecule has 3 nitrogen and oxygen atoms in total. The number of halogens is 1. The minimum Gasteiger partial charge on any atom is -0.397 e. The summed E-state index contributed by atoms with van der Waals surface area (Å²) >= 11 is 7.51. The third-order valence-electron chi connectivity index (χ3n) is 3.22. The first-order valence-electron chi connectivity index (χ1n) is 6.29. The van der Waals surface area contributed by atoms with Crippen LogP contribution in [0, 0.1) is 5.92 Å². The molecule has 1 unspecified atom stereocenters. The number of hydrogen-bond acceptors (Lipinski definition) is 3. The highest BCUT2D eigenvalue weighted by molar-refractivity contribution is 7.21. The van der Waals surface area contributed by atoms with Crippen LogP contribution in [0.25, 0.3) is 10.1 Å². The van der Waals surface area contributed by atoms with Gasteiger partial charge in [-0.2, -0.15) is 0 Å². The van der Waals surface area contributed by atoms with Crippen LogP contribution in [0.15, 0.2) is 18.2 Å². The molecule has 0 spiro atoms. The van der Waals surface area contributed by atoms with E-state index in [2.05, 4.69) is 19.2 Å². The molecular formula is C14H17ClN2OS. The molecule has 0 radical (unpaired) electrons. The third-order valence-corrected chi connectivity index (χ3v) is 4.70. The second-order valence-corrected chi connectivity index (χ2v) is 6.14. The molecule has 102 valence electrons. The highest BCUT2D eigenvalue weighted by Gasteiger charge is 2.18. The Balaban J connectivity index is 2.28. The number of carbonyl (C=O) groups excluding carboxylic acids is 1. The van der Waals surface area contributed by atoms with Crippen LogP contribution in [-0.4, -0.2) is 12.5 Å². The molecule has 19 heavy (non-hydrogen) atoms. The molecule has 0 aliphatic rings. The molecule has 0 aliphatic carbocycles. The average Bonchev–Trinajstić information content (AvgIpc) is 2.74. The number of thiophene rings is 1. The lowest BCUT2D eigenvalue weighted by atomic mass is 10.1. The van der Waals surface area contributed by atoms with E-state index >= 15 is 0 Å². The van der Waals surface area contributed by atoms with E-state index in [1.807, 2.05) is 12.1 Å². The lowest BCUT2D eigenvalue weighted by Gasteiger charge is -2.09. The van der Waals surface area contributed by atoms with E-state index in [4.69, 9.17) is 17.3 Å². The Bertz CT molecular complexity index is 609. The van der Waals surface area contributed by atoms with E-state index in [-0.39, 0.29) is 5.91 Å². The van der Waals surface area contributed by atoms with E-state index in [9.17, 15) is 4.79 Å². The van der Waals surface area contributed by atoms with Crippen LogP contribution in [-0.2, 0) is 0 Å². The zero-order valence-electron chi connectivity index (χ0n) is 11.0. The molecule has 0 fully saturated rings. The summed E-state index contributed by atoms with van der Waals surface area (Å²) in [6, 6.07) is 5.57. The third kappa shape index (κ3) is 2.85. The largest absolute Gasteiger partial charge is 0.397 e. The summed E-state index contributed by atoms with van der Waals surface area (Å²) in [7, 11) is 0. The molecular weight excluding hydrogens is 280 g/mol. The van der Waals surface area contributed by atoms with Crippen molar-refractivity contribution in [1.29, 1.82) is 0 Å². The maximum Gasteiger partial charge on any atom is 0.263 e. The maximum absolute atomic E-state index is 12.1. The first kappa shape index (κ1) is 14.2. The fraction of sp³-hybridized carbons (Fsp3) is 0.357. The summed E-state index contributed by atoms with van der Waals surface area (Å²) in [4.78, 5) is 12.7. The summed E-state index contributed by atoms with van der Waals surface area (Å²) in [6.45, 7) is 4.87. The molecule has 5 heteroatoms. The van der Waals surface area contributed by atoms with Gasteiger partial charge in [-0.05, 0) is 18.1 Å². The number of hydrogen-bond donors (Lipinski definition) is 2. The van der Waals surface area contributed by atoms with Gasteiger partial charge < -0.3 is 11.1 Å². The highest BCUT2D eigenvalue weighted by Crippen LogP contribution is 2.37. The lowest BCUT2D eigenvalue weighted by Crippen LogP contribution is -2.27. The second-order valence-electron chi connectivity index (χ2n) is 4.68. The molecule has 1 aromatic heterocycles. The quantitative estimate of drug-likeness (QED) is 0.898. The van der Waals surface area contributed by atoms with Crippen molar-refractivity contribution in [3.63, 3.8) is 0 Å². The predicted molar refractivity (Wildman–Crippen MR) is 83.0 cm³/mol. The van der Waals surface area contributed by atoms with Crippen molar-refractivity contribution in [1.82, 2.24) is 5.32 Å². The van der Waals surface area contributed by atoms with Crippen LogP contribution in [0.4, 0.5) is 5.69 Å². The van der Waals surface area contributed by atoms with Gasteiger partial charge in [0.1, 0.15) is 4.88 Å². The van der Waals surface area contributed by atoms with Gasteiger partial charge in [-0.15, -0.1) is 11.3 Å². The van der Waals surface area contributed by atoms with Crippen LogP contribution in [0.2, 0.25) is 5.02 Å². The zero-order valence-corrected chi connectivity index (χ0v) is 12.6. The van der Waals surface area contributed by atoms with Crippen LogP contribution >= 0.6 is 22.9 Å². The normalized spacial score (nSPS) is 12.6. The van der Waals surface area contributed by atoms with Gasteiger partial charge in [-0.1, -0.05) is 37.9 Å². The number of nitrogens with one attached hydrogen (secondary N) is 1. The van der Waals surface area contributed by atoms with Gasteiger partial charge in [0.2, 0.25) is 0 Å². The smallest absolute Gasteiger partial charge is 0.263 e. The number of anilines is 1. The topological polar surface area (TPSA) is 55.1 Å². The standard InChI is InChI=1S/C14H17ClN2OS/c1-3-8(2)7-17-14(18)13-12(16)11-9(15)5-4-6-10(11)19-13/h4-6,8H,3,7,16H2,1-2H3,(H,17,18). The molecule has 1 heterocycles. The first-order valence-corrected chi connectivity index (χ1v) is 7.48. The number of benzene rings is 1. The Morgan fingerprint density at radius 2 is 2.26 bits per heavy atom. The SMILES string of the molecule is CCC(C)CNC(=O)c1sc2cccc(Cl)c2c1N. The van der Waals surface area contributed by atoms with Crippen LogP contribution in [0.3, 0.4) is 0 Å². The van der Waals surface area contributed by atoms with E-state index < -0.39 is 0 Å². The Hall–Kier alpha value is -1.26. The summed E-state index contributed by atoms with van der Waals surface area (Å²) in [5.41, 5.74) is 6.52. The van der Waals surface area contributed by atoms with Crippen molar-refractivity contribution < 1.29 is 4.79 Å².